The third-order valence-corrected chi connectivity index (χ3v) is 8.54. The van der Waals surface area contributed by atoms with Crippen molar-refractivity contribution in [2.75, 3.05) is 27.2 Å². The van der Waals surface area contributed by atoms with E-state index in [1.165, 1.54) is 27.4 Å². The second-order valence-corrected chi connectivity index (χ2v) is 12.0. The Labute approximate surface area is 271 Å². The summed E-state index contributed by atoms with van der Waals surface area (Å²) < 4.78 is 39.7. The second kappa shape index (κ2) is 13.4. The summed E-state index contributed by atoms with van der Waals surface area (Å²) in [4.78, 5) is 36.4. The van der Waals surface area contributed by atoms with Gasteiger partial charge in [-0.2, -0.15) is 14.0 Å². The van der Waals surface area contributed by atoms with Gasteiger partial charge >= 0.3 is 12.6 Å². The average Bonchev–Trinajstić information content (AvgIpc) is 3.42. The van der Waals surface area contributed by atoms with Crippen LogP contribution in [0.3, 0.4) is 0 Å². The summed E-state index contributed by atoms with van der Waals surface area (Å²) >= 11 is 7.60. The molecule has 0 fully saturated rings. The molecule has 14 heteroatoms. The molecule has 0 aliphatic heterocycles. The summed E-state index contributed by atoms with van der Waals surface area (Å²) in [6.45, 7) is 0.702. The lowest BCUT2D eigenvalue weighted by molar-refractivity contribution is -0.0505. The lowest BCUT2D eigenvalue weighted by Gasteiger charge is -2.18. The van der Waals surface area contributed by atoms with Crippen molar-refractivity contribution in [2.45, 2.75) is 33.4 Å². The molecule has 0 aliphatic rings. The highest BCUT2D eigenvalue weighted by atomic mass is 35.5. The quantitative estimate of drug-likeness (QED) is 0.172. The molecule has 0 saturated heterocycles. The van der Waals surface area contributed by atoms with E-state index in [0.717, 1.165) is 0 Å². The predicted molar refractivity (Wildman–Crippen MR) is 172 cm³/mol. The van der Waals surface area contributed by atoms with Crippen LogP contribution in [0.25, 0.3) is 32.2 Å². The first kappa shape index (κ1) is 32.7. The standard InChI is InChI=1S/C32H28ClF2N5O5S/c1-16-11-21(29-27(37-16)23(15-46-29)31(42)43)20-13-19(33)5-6-25(20)44-10-9-40-17(2)38-24-12-18(7-8-39(3)4)28(45-32(34)35)22(14-36)26(24)30(40)41/h5-6,11-13,15,32H,7-10H2,1-4H3,(H,42,43). The molecule has 2 aromatic carbocycles. The zero-order valence-corrected chi connectivity index (χ0v) is 26.8. The molecular weight excluding hydrogens is 640 g/mol. The number of aromatic carboxylic acids is 1. The number of thiophene rings is 1. The van der Waals surface area contributed by atoms with Crippen molar-refractivity contribution in [1.29, 1.82) is 5.26 Å². The van der Waals surface area contributed by atoms with Gasteiger partial charge in [0.15, 0.2) is 0 Å². The number of hydrogen-bond donors (Lipinski definition) is 1. The first-order valence-corrected chi connectivity index (χ1v) is 15.3. The third-order valence-electron chi connectivity index (χ3n) is 7.30. The zero-order valence-electron chi connectivity index (χ0n) is 25.2. The number of rotatable bonds is 11. The fraction of sp³-hybridized carbons (Fsp3) is 0.281. The smallest absolute Gasteiger partial charge is 0.387 e. The van der Waals surface area contributed by atoms with Crippen LogP contribution in [-0.2, 0) is 13.0 Å². The normalized spacial score (nSPS) is 11.5. The topological polar surface area (TPSA) is 131 Å². The van der Waals surface area contributed by atoms with E-state index in [1.807, 2.05) is 31.1 Å². The molecular formula is C32H28ClF2N5O5S. The van der Waals surface area contributed by atoms with Crippen molar-refractivity contribution in [3.8, 4) is 28.7 Å². The number of likely N-dealkylation sites (N-methyl/N-ethyl adjacent to an activating group) is 1. The summed E-state index contributed by atoms with van der Waals surface area (Å²) in [5.41, 5.74) is 2.01. The fourth-order valence-corrected chi connectivity index (χ4v) is 6.41. The van der Waals surface area contributed by atoms with Crippen molar-refractivity contribution in [2.24, 2.45) is 0 Å². The largest absolute Gasteiger partial charge is 0.491 e. The number of fused-ring (bicyclic) bond motifs is 2. The number of nitrogens with zero attached hydrogens (tertiary/aromatic N) is 5. The SMILES string of the molecule is Cc1cc(-c2cc(Cl)ccc2OCCn2c(C)nc3cc(CCN(C)C)c(OC(F)F)c(C#N)c3c2=O)c2scc(C(=O)O)c2n1. The second-order valence-electron chi connectivity index (χ2n) is 10.7. The summed E-state index contributed by atoms with van der Waals surface area (Å²) in [5.74, 6) is -0.646. The van der Waals surface area contributed by atoms with Crippen LogP contribution in [0.4, 0.5) is 8.78 Å². The minimum atomic E-state index is -3.19. The lowest BCUT2D eigenvalue weighted by atomic mass is 10.0. The van der Waals surface area contributed by atoms with Crippen LogP contribution in [0.5, 0.6) is 11.5 Å². The predicted octanol–water partition coefficient (Wildman–Crippen LogP) is 6.30. The Kier molecular flexibility index (Phi) is 9.52. The van der Waals surface area contributed by atoms with Crippen LogP contribution in [0, 0.1) is 25.2 Å². The summed E-state index contributed by atoms with van der Waals surface area (Å²) in [6.07, 6.45) is 0.299. The molecule has 0 saturated carbocycles. The third kappa shape index (κ3) is 6.50. The van der Waals surface area contributed by atoms with Gasteiger partial charge in [0.2, 0.25) is 0 Å². The average molecular weight is 668 g/mol. The van der Waals surface area contributed by atoms with Crippen LogP contribution >= 0.6 is 22.9 Å². The molecule has 0 radical (unpaired) electrons. The molecule has 46 heavy (non-hydrogen) atoms. The van der Waals surface area contributed by atoms with Crippen LogP contribution in [0.15, 0.2) is 40.5 Å². The molecule has 0 unspecified atom stereocenters. The lowest BCUT2D eigenvalue weighted by Crippen LogP contribution is -2.27. The Hall–Kier alpha value is -4.64. The number of carboxylic acids is 1. The van der Waals surface area contributed by atoms with Gasteiger partial charge in [0.25, 0.3) is 5.56 Å². The Morgan fingerprint density at radius 3 is 2.63 bits per heavy atom. The van der Waals surface area contributed by atoms with Crippen molar-refractivity contribution >= 4 is 50.0 Å². The van der Waals surface area contributed by atoms with E-state index in [2.05, 4.69) is 9.97 Å². The number of aryl methyl sites for hydroxylation is 2. The van der Waals surface area contributed by atoms with E-state index in [9.17, 15) is 28.7 Å². The van der Waals surface area contributed by atoms with E-state index in [-0.39, 0.29) is 40.9 Å². The van der Waals surface area contributed by atoms with Gasteiger partial charge in [-0.25, -0.2) is 9.78 Å². The monoisotopic (exact) mass is 667 g/mol. The summed E-state index contributed by atoms with van der Waals surface area (Å²) in [6, 6.07) is 10.3. The van der Waals surface area contributed by atoms with Gasteiger partial charge in [-0.15, -0.1) is 11.3 Å². The molecule has 0 amide bonds. The highest BCUT2D eigenvalue weighted by Crippen LogP contribution is 2.40. The highest BCUT2D eigenvalue weighted by molar-refractivity contribution is 7.18. The van der Waals surface area contributed by atoms with E-state index < -0.39 is 18.1 Å². The van der Waals surface area contributed by atoms with Gasteiger partial charge in [-0.05, 0) is 70.3 Å². The molecule has 0 atom stereocenters. The molecule has 0 bridgehead atoms. The molecule has 1 N–H and O–H groups in total. The first-order valence-electron chi connectivity index (χ1n) is 14.0. The number of benzene rings is 2. The van der Waals surface area contributed by atoms with Gasteiger partial charge in [0.1, 0.15) is 35.6 Å². The summed E-state index contributed by atoms with van der Waals surface area (Å²) in [7, 11) is 3.65. The van der Waals surface area contributed by atoms with Gasteiger partial charge in [0, 0.05) is 33.8 Å². The summed E-state index contributed by atoms with van der Waals surface area (Å²) in [5, 5.41) is 21.5. The Bertz CT molecular complexity index is 2090. The zero-order chi connectivity index (χ0) is 33.3. The maximum Gasteiger partial charge on any atom is 0.387 e. The van der Waals surface area contributed by atoms with Crippen LogP contribution in [0.2, 0.25) is 5.02 Å². The fourth-order valence-electron chi connectivity index (χ4n) is 5.22. The van der Waals surface area contributed by atoms with E-state index in [0.29, 0.717) is 62.2 Å². The minimum absolute atomic E-state index is 0.0101. The number of carboxylic acid groups (broad SMARTS) is 1. The molecule has 0 spiro atoms. The maximum absolute atomic E-state index is 13.8. The van der Waals surface area contributed by atoms with Crippen molar-refractivity contribution in [3.05, 3.63) is 79.3 Å². The number of nitriles is 1. The van der Waals surface area contributed by atoms with Crippen molar-refractivity contribution in [3.63, 3.8) is 0 Å². The van der Waals surface area contributed by atoms with E-state index in [1.54, 1.807) is 32.0 Å². The van der Waals surface area contributed by atoms with Gasteiger partial charge in [-0.3, -0.25) is 14.3 Å². The Morgan fingerprint density at radius 1 is 1.20 bits per heavy atom. The number of aromatic nitrogens is 3. The number of ether oxygens (including phenoxy) is 2. The molecule has 3 aromatic heterocycles. The molecule has 238 valence electrons. The number of pyridine rings is 1. The van der Waals surface area contributed by atoms with E-state index >= 15 is 0 Å². The van der Waals surface area contributed by atoms with Crippen molar-refractivity contribution < 1.29 is 28.2 Å². The Morgan fingerprint density at radius 2 is 1.96 bits per heavy atom. The van der Waals surface area contributed by atoms with E-state index in [4.69, 9.17) is 21.1 Å². The minimum Gasteiger partial charge on any atom is -0.491 e. The highest BCUT2D eigenvalue weighted by Gasteiger charge is 2.23. The first-order chi connectivity index (χ1) is 21.9. The number of halogens is 3. The van der Waals surface area contributed by atoms with Crippen LogP contribution in [0.1, 0.15) is 33.0 Å². The van der Waals surface area contributed by atoms with Crippen LogP contribution < -0.4 is 15.0 Å². The number of carbonyl (C=O) groups is 1. The number of alkyl halides is 2. The van der Waals surface area contributed by atoms with Gasteiger partial charge in [-0.1, -0.05) is 11.6 Å². The molecule has 0 aliphatic carbocycles. The molecule has 10 nitrogen and oxygen atoms in total. The van der Waals surface area contributed by atoms with Crippen LogP contribution in [-0.4, -0.2) is 64.4 Å². The molecule has 5 rings (SSSR count). The molecule has 5 aromatic rings. The maximum atomic E-state index is 13.8. The molecule has 3 heterocycles. The van der Waals surface area contributed by atoms with Gasteiger partial charge in [0.05, 0.1) is 33.2 Å². The Balaban J connectivity index is 1.52. The number of hydrogen-bond acceptors (Lipinski definition) is 9. The van der Waals surface area contributed by atoms with Crippen molar-refractivity contribution in [1.82, 2.24) is 19.4 Å². The van der Waals surface area contributed by atoms with Gasteiger partial charge < -0.3 is 19.5 Å².